The SMILES string of the molecule is O=C=NC1(c2ccc3oc(C4CC4)nc3c2)CCC1. The molecule has 1 heterocycles. The van der Waals surface area contributed by atoms with E-state index in [1.807, 2.05) is 18.2 Å². The lowest BCUT2D eigenvalue weighted by atomic mass is 9.72. The van der Waals surface area contributed by atoms with E-state index in [0.29, 0.717) is 5.92 Å². The van der Waals surface area contributed by atoms with E-state index in [1.165, 1.54) is 12.8 Å². The monoisotopic (exact) mass is 254 g/mol. The Morgan fingerprint density at radius 1 is 1.37 bits per heavy atom. The predicted octanol–water partition coefficient (Wildman–Crippen LogP) is 3.42. The summed E-state index contributed by atoms with van der Waals surface area (Å²) in [6.07, 6.45) is 7.02. The van der Waals surface area contributed by atoms with Crippen molar-refractivity contribution in [3.63, 3.8) is 0 Å². The van der Waals surface area contributed by atoms with Gasteiger partial charge in [-0.1, -0.05) is 6.07 Å². The molecule has 0 N–H and O–H groups in total. The Morgan fingerprint density at radius 3 is 2.84 bits per heavy atom. The van der Waals surface area contributed by atoms with Crippen molar-refractivity contribution in [3.8, 4) is 0 Å². The van der Waals surface area contributed by atoms with Gasteiger partial charge in [-0.25, -0.2) is 9.78 Å². The molecular weight excluding hydrogens is 240 g/mol. The van der Waals surface area contributed by atoms with E-state index >= 15 is 0 Å². The average molecular weight is 254 g/mol. The van der Waals surface area contributed by atoms with Crippen LogP contribution < -0.4 is 0 Å². The zero-order valence-electron chi connectivity index (χ0n) is 10.6. The minimum Gasteiger partial charge on any atom is -0.440 e. The van der Waals surface area contributed by atoms with Gasteiger partial charge >= 0.3 is 0 Å². The molecule has 4 heteroatoms. The van der Waals surface area contributed by atoms with Gasteiger partial charge in [-0.3, -0.25) is 0 Å². The molecule has 0 amide bonds. The molecule has 1 aromatic heterocycles. The Labute approximate surface area is 110 Å². The Balaban J connectivity index is 1.80. The molecule has 0 radical (unpaired) electrons. The Hall–Kier alpha value is -1.93. The fourth-order valence-corrected chi connectivity index (χ4v) is 2.80. The lowest BCUT2D eigenvalue weighted by Crippen LogP contribution is -2.31. The number of hydrogen-bond donors (Lipinski definition) is 0. The summed E-state index contributed by atoms with van der Waals surface area (Å²) in [5.74, 6) is 1.37. The molecule has 0 aliphatic heterocycles. The number of carbonyl (C=O) groups excluding carboxylic acids is 1. The quantitative estimate of drug-likeness (QED) is 0.623. The van der Waals surface area contributed by atoms with Gasteiger partial charge in [-0.15, -0.1) is 0 Å². The van der Waals surface area contributed by atoms with Gasteiger partial charge in [0.2, 0.25) is 6.08 Å². The summed E-state index contributed by atoms with van der Waals surface area (Å²) in [7, 11) is 0. The highest BCUT2D eigenvalue weighted by Crippen LogP contribution is 2.46. The first kappa shape index (κ1) is 10.9. The maximum atomic E-state index is 10.6. The van der Waals surface area contributed by atoms with Crippen LogP contribution in [-0.2, 0) is 10.3 Å². The summed E-state index contributed by atoms with van der Waals surface area (Å²) < 4.78 is 5.75. The minimum atomic E-state index is -0.353. The van der Waals surface area contributed by atoms with Crippen molar-refractivity contribution in [1.82, 2.24) is 4.98 Å². The van der Waals surface area contributed by atoms with Crippen LogP contribution in [0.15, 0.2) is 27.6 Å². The van der Waals surface area contributed by atoms with E-state index in [0.717, 1.165) is 41.8 Å². The van der Waals surface area contributed by atoms with Gasteiger partial charge in [0.1, 0.15) is 5.52 Å². The molecule has 4 rings (SSSR count). The highest BCUT2D eigenvalue weighted by atomic mass is 16.3. The number of nitrogens with zero attached hydrogens (tertiary/aromatic N) is 2. The van der Waals surface area contributed by atoms with Crippen molar-refractivity contribution < 1.29 is 9.21 Å². The molecule has 4 nitrogen and oxygen atoms in total. The van der Waals surface area contributed by atoms with Crippen LogP contribution in [0.2, 0.25) is 0 Å². The van der Waals surface area contributed by atoms with Crippen molar-refractivity contribution in [2.75, 3.05) is 0 Å². The van der Waals surface area contributed by atoms with Crippen molar-refractivity contribution in [2.45, 2.75) is 43.6 Å². The van der Waals surface area contributed by atoms with Gasteiger partial charge in [-0.05, 0) is 49.8 Å². The normalized spacial score (nSPS) is 20.8. The van der Waals surface area contributed by atoms with Gasteiger partial charge in [0, 0.05) is 5.92 Å². The molecule has 0 atom stereocenters. The minimum absolute atomic E-state index is 0.353. The van der Waals surface area contributed by atoms with Crippen LogP contribution in [0.5, 0.6) is 0 Å². The van der Waals surface area contributed by atoms with E-state index in [-0.39, 0.29) is 5.54 Å². The van der Waals surface area contributed by atoms with E-state index in [1.54, 1.807) is 6.08 Å². The number of benzene rings is 1. The molecule has 2 aromatic rings. The van der Waals surface area contributed by atoms with E-state index in [9.17, 15) is 4.79 Å². The second-order valence-electron chi connectivity index (χ2n) is 5.60. The van der Waals surface area contributed by atoms with E-state index in [4.69, 9.17) is 4.42 Å². The predicted molar refractivity (Wildman–Crippen MR) is 69.6 cm³/mol. The van der Waals surface area contributed by atoms with Crippen molar-refractivity contribution in [1.29, 1.82) is 0 Å². The molecule has 0 saturated heterocycles. The smallest absolute Gasteiger partial charge is 0.235 e. The Kier molecular flexibility index (Phi) is 2.18. The van der Waals surface area contributed by atoms with E-state index < -0.39 is 0 Å². The fraction of sp³-hybridized carbons (Fsp3) is 0.467. The third-order valence-corrected chi connectivity index (χ3v) is 4.31. The summed E-state index contributed by atoms with van der Waals surface area (Å²) in [5, 5.41) is 0. The lowest BCUT2D eigenvalue weighted by Gasteiger charge is -2.36. The lowest BCUT2D eigenvalue weighted by molar-refractivity contribution is 0.256. The van der Waals surface area contributed by atoms with Crippen LogP contribution in [0, 0.1) is 0 Å². The van der Waals surface area contributed by atoms with Crippen molar-refractivity contribution in [3.05, 3.63) is 29.7 Å². The van der Waals surface area contributed by atoms with Crippen LogP contribution in [0.1, 0.15) is 49.5 Å². The summed E-state index contributed by atoms with van der Waals surface area (Å²) in [6.45, 7) is 0. The second kappa shape index (κ2) is 3.78. The van der Waals surface area contributed by atoms with Crippen molar-refractivity contribution >= 4 is 17.2 Å². The molecule has 0 unspecified atom stereocenters. The molecule has 0 spiro atoms. The zero-order chi connectivity index (χ0) is 12.9. The first-order valence-corrected chi connectivity index (χ1v) is 6.81. The number of rotatable bonds is 3. The summed E-state index contributed by atoms with van der Waals surface area (Å²) >= 11 is 0. The first-order chi connectivity index (χ1) is 9.31. The number of fused-ring (bicyclic) bond motifs is 1. The van der Waals surface area contributed by atoms with Gasteiger partial charge in [-0.2, -0.15) is 4.99 Å². The largest absolute Gasteiger partial charge is 0.440 e. The number of aliphatic imine (C=N–C) groups is 1. The first-order valence-electron chi connectivity index (χ1n) is 6.81. The van der Waals surface area contributed by atoms with Gasteiger partial charge in [0.15, 0.2) is 11.5 Å². The number of aromatic nitrogens is 1. The standard InChI is InChI=1S/C15H14N2O2/c18-9-16-15(6-1-7-15)11-4-5-13-12(8-11)17-14(19-13)10-2-3-10/h4-5,8,10H,1-3,6-7H2. The second-order valence-corrected chi connectivity index (χ2v) is 5.60. The summed E-state index contributed by atoms with van der Waals surface area (Å²) in [5.41, 5.74) is 2.42. The molecule has 2 saturated carbocycles. The summed E-state index contributed by atoms with van der Waals surface area (Å²) in [6, 6.07) is 5.97. The topological polar surface area (TPSA) is 55.5 Å². The maximum absolute atomic E-state index is 10.6. The highest BCUT2D eigenvalue weighted by molar-refractivity contribution is 5.74. The van der Waals surface area contributed by atoms with Gasteiger partial charge < -0.3 is 4.42 Å². The number of oxazole rings is 1. The molecule has 1 aromatic carbocycles. The molecule has 96 valence electrons. The van der Waals surface area contributed by atoms with Crippen LogP contribution in [-0.4, -0.2) is 11.1 Å². The molecule has 0 bridgehead atoms. The number of hydrogen-bond acceptors (Lipinski definition) is 4. The molecule has 19 heavy (non-hydrogen) atoms. The molecule has 2 fully saturated rings. The summed E-state index contributed by atoms with van der Waals surface area (Å²) in [4.78, 5) is 19.2. The van der Waals surface area contributed by atoms with E-state index in [2.05, 4.69) is 9.98 Å². The third kappa shape index (κ3) is 1.64. The number of isocyanates is 1. The Morgan fingerprint density at radius 2 is 2.21 bits per heavy atom. The maximum Gasteiger partial charge on any atom is 0.235 e. The average Bonchev–Trinajstić information content (AvgIpc) is 3.13. The Bertz CT molecular complexity index is 689. The molecular formula is C15H14N2O2. The van der Waals surface area contributed by atoms with Crippen LogP contribution in [0.25, 0.3) is 11.1 Å². The van der Waals surface area contributed by atoms with Crippen LogP contribution in [0.4, 0.5) is 0 Å². The molecule has 2 aliphatic rings. The fourth-order valence-electron chi connectivity index (χ4n) is 2.80. The van der Waals surface area contributed by atoms with Crippen LogP contribution >= 0.6 is 0 Å². The third-order valence-electron chi connectivity index (χ3n) is 4.31. The van der Waals surface area contributed by atoms with Gasteiger partial charge in [0.05, 0.1) is 5.54 Å². The zero-order valence-corrected chi connectivity index (χ0v) is 10.6. The molecule has 2 aliphatic carbocycles. The van der Waals surface area contributed by atoms with Gasteiger partial charge in [0.25, 0.3) is 0 Å². The van der Waals surface area contributed by atoms with Crippen molar-refractivity contribution in [2.24, 2.45) is 4.99 Å². The highest BCUT2D eigenvalue weighted by Gasteiger charge is 2.39. The van der Waals surface area contributed by atoms with Crippen LogP contribution in [0.3, 0.4) is 0 Å².